The number of amides is 3. The minimum atomic E-state index is -0.246. The van der Waals surface area contributed by atoms with Gasteiger partial charge in [0.1, 0.15) is 6.54 Å². The van der Waals surface area contributed by atoms with Crippen molar-refractivity contribution in [1.82, 2.24) is 9.80 Å². The van der Waals surface area contributed by atoms with Gasteiger partial charge in [0.2, 0.25) is 5.91 Å². The molecule has 162 valence electrons. The molecule has 6 heteroatoms. The van der Waals surface area contributed by atoms with Crippen LogP contribution in [0.2, 0.25) is 0 Å². The third-order valence-corrected chi connectivity index (χ3v) is 5.78. The molecule has 31 heavy (non-hydrogen) atoms. The molecule has 0 aliphatic rings. The zero-order valence-electron chi connectivity index (χ0n) is 17.9. The predicted octanol–water partition coefficient (Wildman–Crippen LogP) is 5.61. The molecule has 1 N–H and O–H groups in total. The standard InChI is InChI=1S/C25H29N3O2S/c1-2-3-16-27(25(30)26-22-13-8-5-9-14-22)20-24(29)28(19-23-15-10-17-31-23)18-21-11-6-4-7-12-21/h4-15,17H,2-3,16,18-20H2,1H3,(H,26,30). The van der Waals surface area contributed by atoms with Crippen molar-refractivity contribution in [3.63, 3.8) is 0 Å². The van der Waals surface area contributed by atoms with Crippen molar-refractivity contribution in [2.45, 2.75) is 32.9 Å². The van der Waals surface area contributed by atoms with Crippen molar-refractivity contribution in [2.75, 3.05) is 18.4 Å². The monoisotopic (exact) mass is 435 g/mol. The van der Waals surface area contributed by atoms with Crippen molar-refractivity contribution < 1.29 is 9.59 Å². The molecule has 0 fully saturated rings. The van der Waals surface area contributed by atoms with Crippen LogP contribution in [-0.2, 0) is 17.9 Å². The Labute approximate surface area is 188 Å². The number of hydrogen-bond donors (Lipinski definition) is 1. The first-order valence-electron chi connectivity index (χ1n) is 10.6. The minimum Gasteiger partial charge on any atom is -0.332 e. The van der Waals surface area contributed by atoms with E-state index in [0.717, 1.165) is 29.0 Å². The molecule has 0 saturated carbocycles. The summed E-state index contributed by atoms with van der Waals surface area (Å²) in [5.74, 6) is -0.0587. The van der Waals surface area contributed by atoms with Gasteiger partial charge in [-0.2, -0.15) is 0 Å². The molecule has 5 nitrogen and oxygen atoms in total. The lowest BCUT2D eigenvalue weighted by Crippen LogP contribution is -2.44. The number of hydrogen-bond acceptors (Lipinski definition) is 3. The van der Waals surface area contributed by atoms with Gasteiger partial charge in [0.15, 0.2) is 0 Å². The van der Waals surface area contributed by atoms with Gasteiger partial charge in [-0.15, -0.1) is 11.3 Å². The molecule has 0 saturated heterocycles. The highest BCUT2D eigenvalue weighted by Gasteiger charge is 2.22. The molecule has 0 aliphatic carbocycles. The first kappa shape index (κ1) is 22.6. The highest BCUT2D eigenvalue weighted by atomic mass is 32.1. The molecule has 0 aliphatic heterocycles. The Morgan fingerprint density at radius 2 is 1.58 bits per heavy atom. The number of nitrogens with one attached hydrogen (secondary N) is 1. The second-order valence-electron chi connectivity index (χ2n) is 7.39. The summed E-state index contributed by atoms with van der Waals surface area (Å²) in [4.78, 5) is 30.8. The molecule has 3 aromatic rings. The highest BCUT2D eigenvalue weighted by molar-refractivity contribution is 7.09. The van der Waals surface area contributed by atoms with E-state index < -0.39 is 0 Å². The van der Waals surface area contributed by atoms with Crippen LogP contribution in [0.15, 0.2) is 78.2 Å². The summed E-state index contributed by atoms with van der Waals surface area (Å²) < 4.78 is 0. The number of carbonyl (C=O) groups excluding carboxylic acids is 2. The van der Waals surface area contributed by atoms with Crippen molar-refractivity contribution in [3.8, 4) is 0 Å². The molecule has 0 unspecified atom stereocenters. The van der Waals surface area contributed by atoms with Crippen molar-refractivity contribution in [1.29, 1.82) is 0 Å². The number of rotatable bonds is 10. The third kappa shape index (κ3) is 7.26. The van der Waals surface area contributed by atoms with Crippen LogP contribution < -0.4 is 5.32 Å². The number of benzene rings is 2. The lowest BCUT2D eigenvalue weighted by molar-refractivity contribution is -0.133. The van der Waals surface area contributed by atoms with Crippen LogP contribution in [0.5, 0.6) is 0 Å². The minimum absolute atomic E-state index is 0.0525. The Kier molecular flexibility index (Phi) is 8.67. The molecular formula is C25H29N3O2S. The maximum atomic E-state index is 13.3. The summed E-state index contributed by atoms with van der Waals surface area (Å²) in [6.45, 7) is 3.72. The van der Waals surface area contributed by atoms with Crippen LogP contribution in [0.25, 0.3) is 0 Å². The molecule has 0 radical (unpaired) electrons. The van der Waals surface area contributed by atoms with Crippen molar-refractivity contribution in [2.24, 2.45) is 0 Å². The highest BCUT2D eigenvalue weighted by Crippen LogP contribution is 2.16. The summed E-state index contributed by atoms with van der Waals surface area (Å²) in [5.41, 5.74) is 1.79. The molecule has 2 aromatic carbocycles. The van der Waals surface area contributed by atoms with Gasteiger partial charge in [0.05, 0.1) is 6.54 Å². The van der Waals surface area contributed by atoms with Crippen LogP contribution in [0.3, 0.4) is 0 Å². The summed E-state index contributed by atoms with van der Waals surface area (Å²) >= 11 is 1.63. The first-order chi connectivity index (χ1) is 15.2. The topological polar surface area (TPSA) is 52.7 Å². The van der Waals surface area contributed by atoms with Gasteiger partial charge in [-0.25, -0.2) is 4.79 Å². The number of anilines is 1. The van der Waals surface area contributed by atoms with Gasteiger partial charge in [-0.05, 0) is 35.6 Å². The van der Waals surface area contributed by atoms with E-state index in [0.29, 0.717) is 19.6 Å². The molecule has 0 atom stereocenters. The first-order valence-corrected chi connectivity index (χ1v) is 11.5. The van der Waals surface area contributed by atoms with E-state index in [1.165, 1.54) is 0 Å². The Morgan fingerprint density at radius 1 is 0.871 bits per heavy atom. The third-order valence-electron chi connectivity index (χ3n) is 4.92. The number of unbranched alkanes of at least 4 members (excludes halogenated alkanes) is 1. The predicted molar refractivity (Wildman–Crippen MR) is 127 cm³/mol. The maximum absolute atomic E-state index is 13.3. The Bertz CT molecular complexity index is 930. The molecule has 1 heterocycles. The van der Waals surface area contributed by atoms with E-state index >= 15 is 0 Å². The molecule has 3 amide bonds. The zero-order chi connectivity index (χ0) is 21.9. The quantitative estimate of drug-likeness (QED) is 0.450. The molecule has 0 spiro atoms. The fraction of sp³-hybridized carbons (Fsp3) is 0.280. The Balaban J connectivity index is 1.72. The van der Waals surface area contributed by atoms with E-state index in [4.69, 9.17) is 0 Å². The zero-order valence-corrected chi connectivity index (χ0v) is 18.7. The lowest BCUT2D eigenvalue weighted by Gasteiger charge is -2.28. The average Bonchev–Trinajstić information content (AvgIpc) is 3.30. The molecular weight excluding hydrogens is 406 g/mol. The lowest BCUT2D eigenvalue weighted by atomic mass is 10.2. The van der Waals surface area contributed by atoms with Gasteiger partial charge in [-0.3, -0.25) is 4.79 Å². The summed E-state index contributed by atoms with van der Waals surface area (Å²) in [7, 11) is 0. The average molecular weight is 436 g/mol. The second-order valence-corrected chi connectivity index (χ2v) is 8.42. The van der Waals surface area contributed by atoms with Gasteiger partial charge in [0.25, 0.3) is 0 Å². The summed E-state index contributed by atoms with van der Waals surface area (Å²) in [6.07, 6.45) is 1.80. The normalized spacial score (nSPS) is 10.5. The van der Waals surface area contributed by atoms with Crippen LogP contribution in [0.4, 0.5) is 10.5 Å². The summed E-state index contributed by atoms with van der Waals surface area (Å²) in [6, 6.07) is 23.1. The van der Waals surface area contributed by atoms with Crippen LogP contribution in [0.1, 0.15) is 30.2 Å². The molecule has 3 rings (SSSR count). The van der Waals surface area contributed by atoms with Crippen molar-refractivity contribution >= 4 is 29.0 Å². The van der Waals surface area contributed by atoms with E-state index in [9.17, 15) is 9.59 Å². The van der Waals surface area contributed by atoms with E-state index in [-0.39, 0.29) is 18.5 Å². The van der Waals surface area contributed by atoms with E-state index in [2.05, 4.69) is 12.2 Å². The second kappa shape index (κ2) is 11.9. The Morgan fingerprint density at radius 3 is 2.23 bits per heavy atom. The fourth-order valence-corrected chi connectivity index (χ4v) is 3.93. The van der Waals surface area contributed by atoms with Gasteiger partial charge in [0, 0.05) is 23.7 Å². The maximum Gasteiger partial charge on any atom is 0.322 e. The number of urea groups is 1. The van der Waals surface area contributed by atoms with Crippen molar-refractivity contribution in [3.05, 3.63) is 88.6 Å². The van der Waals surface area contributed by atoms with Gasteiger partial charge >= 0.3 is 6.03 Å². The number of para-hydroxylation sites is 1. The SMILES string of the molecule is CCCCN(CC(=O)N(Cc1ccccc1)Cc1cccs1)C(=O)Nc1ccccc1. The van der Waals surface area contributed by atoms with Crippen LogP contribution >= 0.6 is 11.3 Å². The Hall–Kier alpha value is -3.12. The number of nitrogens with zero attached hydrogens (tertiary/aromatic N) is 2. The molecule has 0 bridgehead atoms. The fourth-order valence-electron chi connectivity index (χ4n) is 3.22. The van der Waals surface area contributed by atoms with E-state index in [1.807, 2.05) is 83.1 Å². The number of thiophene rings is 1. The molecule has 1 aromatic heterocycles. The smallest absolute Gasteiger partial charge is 0.322 e. The summed E-state index contributed by atoms with van der Waals surface area (Å²) in [5, 5.41) is 4.92. The van der Waals surface area contributed by atoms with Crippen LogP contribution in [-0.4, -0.2) is 34.8 Å². The number of carbonyl (C=O) groups is 2. The van der Waals surface area contributed by atoms with Gasteiger partial charge in [-0.1, -0.05) is 67.9 Å². The van der Waals surface area contributed by atoms with E-state index in [1.54, 1.807) is 16.2 Å². The van der Waals surface area contributed by atoms with Crippen LogP contribution in [0, 0.1) is 0 Å². The largest absolute Gasteiger partial charge is 0.332 e. The van der Waals surface area contributed by atoms with Gasteiger partial charge < -0.3 is 15.1 Å².